The minimum absolute atomic E-state index is 0.471. The van der Waals surface area contributed by atoms with Gasteiger partial charge in [-0.2, -0.15) is 9.97 Å². The Morgan fingerprint density at radius 3 is 2.50 bits per heavy atom. The third-order valence-electron chi connectivity index (χ3n) is 7.05. The lowest BCUT2D eigenvalue weighted by atomic mass is 10.00. The number of piperidine rings is 1. The lowest BCUT2D eigenvalue weighted by Gasteiger charge is -2.34. The number of hydrogen-bond acceptors (Lipinski definition) is 5. The van der Waals surface area contributed by atoms with Gasteiger partial charge in [0.25, 0.3) is 0 Å². The third-order valence-corrected chi connectivity index (χ3v) is 7.27. The Bertz CT molecular complexity index is 957. The predicted octanol–water partition coefficient (Wildman–Crippen LogP) is 4.50. The maximum atomic E-state index is 5.61. The number of thiocarbonyl (C=S) groups is 1. The first kappa shape index (κ1) is 21.4. The van der Waals surface area contributed by atoms with Crippen molar-refractivity contribution >= 4 is 34.9 Å². The summed E-state index contributed by atoms with van der Waals surface area (Å²) in [6, 6.07) is 11.4. The van der Waals surface area contributed by atoms with Crippen molar-refractivity contribution in [2.45, 2.75) is 64.5 Å². The average Bonchev–Trinajstić information content (AvgIpc) is 3.31. The number of fused-ring (bicyclic) bond motifs is 1. The largest absolute Gasteiger partial charge is 0.360 e. The second kappa shape index (κ2) is 9.61. The molecule has 7 heteroatoms. The molecule has 0 radical (unpaired) electrons. The van der Waals surface area contributed by atoms with Crippen molar-refractivity contribution in [1.29, 1.82) is 0 Å². The molecule has 6 nitrogen and oxygen atoms in total. The minimum Gasteiger partial charge on any atom is -0.360 e. The maximum Gasteiger partial charge on any atom is 0.232 e. The molecule has 0 amide bonds. The van der Waals surface area contributed by atoms with Gasteiger partial charge >= 0.3 is 0 Å². The highest BCUT2D eigenvalue weighted by atomic mass is 32.1. The highest BCUT2D eigenvalue weighted by molar-refractivity contribution is 7.80. The molecule has 170 valence electrons. The standard InChI is InChI=1S/C25H34N6S/c1-18-7-6-13-30(16-18)22-15-23(31-14-12-19-8-2-3-9-20(19)17-31)28-24(27-22)29-25(32)26-21-10-4-5-11-21/h2-3,8-9,15,18,21H,4-7,10-14,16-17H2,1H3,(H2,26,27,28,29,32)/t18-/m0/s1. The quantitative estimate of drug-likeness (QED) is 0.665. The third kappa shape index (κ3) is 4.98. The normalized spacial score (nSPS) is 21.3. The van der Waals surface area contributed by atoms with Crippen molar-refractivity contribution in [1.82, 2.24) is 15.3 Å². The number of rotatable bonds is 4. The molecule has 1 aromatic heterocycles. The lowest BCUT2D eigenvalue weighted by molar-refractivity contribution is 0.444. The highest BCUT2D eigenvalue weighted by Gasteiger charge is 2.23. The van der Waals surface area contributed by atoms with Gasteiger partial charge in [-0.1, -0.05) is 44.0 Å². The second-order valence-electron chi connectivity index (χ2n) is 9.62. The molecule has 32 heavy (non-hydrogen) atoms. The van der Waals surface area contributed by atoms with E-state index in [2.05, 4.69) is 57.7 Å². The molecule has 1 saturated carbocycles. The summed E-state index contributed by atoms with van der Waals surface area (Å²) < 4.78 is 0. The zero-order valence-electron chi connectivity index (χ0n) is 19.0. The van der Waals surface area contributed by atoms with E-state index in [1.165, 1.54) is 49.7 Å². The van der Waals surface area contributed by atoms with Gasteiger partial charge in [0.2, 0.25) is 5.95 Å². The Morgan fingerprint density at radius 2 is 1.72 bits per heavy atom. The molecule has 2 aliphatic heterocycles. The van der Waals surface area contributed by atoms with Crippen molar-refractivity contribution < 1.29 is 0 Å². The van der Waals surface area contributed by atoms with Gasteiger partial charge in [-0.05, 0) is 61.4 Å². The Labute approximate surface area is 196 Å². The van der Waals surface area contributed by atoms with E-state index < -0.39 is 0 Å². The van der Waals surface area contributed by atoms with Crippen molar-refractivity contribution in [3.63, 3.8) is 0 Å². The lowest BCUT2D eigenvalue weighted by Crippen LogP contribution is -2.38. The van der Waals surface area contributed by atoms with Gasteiger partial charge in [0.05, 0.1) is 0 Å². The van der Waals surface area contributed by atoms with Crippen LogP contribution in [-0.4, -0.2) is 40.8 Å². The van der Waals surface area contributed by atoms with Gasteiger partial charge in [-0.25, -0.2) is 0 Å². The van der Waals surface area contributed by atoms with Crippen LogP contribution in [0.2, 0.25) is 0 Å². The predicted molar refractivity (Wildman–Crippen MR) is 135 cm³/mol. The summed E-state index contributed by atoms with van der Waals surface area (Å²) in [6.07, 6.45) is 8.47. The minimum atomic E-state index is 0.471. The molecule has 0 bridgehead atoms. The summed E-state index contributed by atoms with van der Waals surface area (Å²) >= 11 is 5.61. The molecular weight excluding hydrogens is 416 g/mol. The first-order valence-corrected chi connectivity index (χ1v) is 12.6. The zero-order chi connectivity index (χ0) is 21.9. The van der Waals surface area contributed by atoms with Crippen LogP contribution in [0.3, 0.4) is 0 Å². The molecule has 1 aromatic carbocycles. The van der Waals surface area contributed by atoms with Gasteiger partial charge in [0.15, 0.2) is 5.11 Å². The molecular formula is C25H34N6S. The summed E-state index contributed by atoms with van der Waals surface area (Å²) in [5, 5.41) is 7.40. The summed E-state index contributed by atoms with van der Waals surface area (Å²) in [5.74, 6) is 3.27. The Hall–Kier alpha value is -2.41. The van der Waals surface area contributed by atoms with E-state index >= 15 is 0 Å². The topological polar surface area (TPSA) is 56.3 Å². The van der Waals surface area contributed by atoms with Gasteiger partial charge in [0, 0.05) is 38.3 Å². The monoisotopic (exact) mass is 450 g/mol. The van der Waals surface area contributed by atoms with Gasteiger partial charge in [-0.15, -0.1) is 0 Å². The van der Waals surface area contributed by atoms with Crippen LogP contribution in [0.1, 0.15) is 56.6 Å². The summed E-state index contributed by atoms with van der Waals surface area (Å²) in [5.41, 5.74) is 2.83. The van der Waals surface area contributed by atoms with Crippen LogP contribution in [-0.2, 0) is 13.0 Å². The fraction of sp³-hybridized carbons (Fsp3) is 0.560. The second-order valence-corrected chi connectivity index (χ2v) is 10.0. The van der Waals surface area contributed by atoms with Crippen molar-refractivity contribution in [2.75, 3.05) is 34.8 Å². The van der Waals surface area contributed by atoms with E-state index in [-0.39, 0.29) is 0 Å². The Balaban J connectivity index is 1.39. The van der Waals surface area contributed by atoms with Crippen molar-refractivity contribution in [3.05, 3.63) is 41.5 Å². The number of nitrogens with one attached hydrogen (secondary N) is 2. The number of nitrogens with zero attached hydrogens (tertiary/aromatic N) is 4. The van der Waals surface area contributed by atoms with Crippen molar-refractivity contribution in [3.8, 4) is 0 Å². The number of benzene rings is 1. The molecule has 2 aromatic rings. The van der Waals surface area contributed by atoms with E-state index in [9.17, 15) is 0 Å². The van der Waals surface area contributed by atoms with Crippen LogP contribution in [0.4, 0.5) is 17.6 Å². The van der Waals surface area contributed by atoms with Crippen LogP contribution >= 0.6 is 12.2 Å². The maximum absolute atomic E-state index is 5.61. The van der Waals surface area contributed by atoms with Crippen LogP contribution in [0.15, 0.2) is 30.3 Å². The SMILES string of the molecule is C[C@H]1CCCN(c2cc(N3CCc4ccccc4C3)nc(NC(=S)NC3CCCC3)n2)C1. The fourth-order valence-corrected chi connectivity index (χ4v) is 5.54. The molecule has 5 rings (SSSR count). The number of anilines is 3. The van der Waals surface area contributed by atoms with Crippen LogP contribution in [0.25, 0.3) is 0 Å². The molecule has 1 saturated heterocycles. The Kier molecular flexibility index (Phi) is 6.44. The molecule has 1 aliphatic carbocycles. The molecule has 3 aliphatic rings. The van der Waals surface area contributed by atoms with Gasteiger partial charge in [-0.3, -0.25) is 0 Å². The Morgan fingerprint density at radius 1 is 0.969 bits per heavy atom. The van der Waals surface area contributed by atoms with E-state index in [1.807, 2.05) is 0 Å². The molecule has 0 spiro atoms. The van der Waals surface area contributed by atoms with Gasteiger partial charge < -0.3 is 20.4 Å². The van der Waals surface area contributed by atoms with Crippen molar-refractivity contribution in [2.24, 2.45) is 5.92 Å². The van der Waals surface area contributed by atoms with E-state index in [0.29, 0.717) is 23.0 Å². The smallest absolute Gasteiger partial charge is 0.232 e. The molecule has 3 heterocycles. The first-order chi connectivity index (χ1) is 15.6. The van der Waals surface area contributed by atoms with Crippen LogP contribution < -0.4 is 20.4 Å². The molecule has 0 unspecified atom stereocenters. The number of aromatic nitrogens is 2. The number of hydrogen-bond donors (Lipinski definition) is 2. The molecule has 2 fully saturated rings. The zero-order valence-corrected chi connectivity index (χ0v) is 19.8. The average molecular weight is 451 g/mol. The van der Waals surface area contributed by atoms with E-state index in [0.717, 1.165) is 44.2 Å². The van der Waals surface area contributed by atoms with Gasteiger partial charge in [0.1, 0.15) is 11.6 Å². The fourth-order valence-electron chi connectivity index (χ4n) is 5.28. The van der Waals surface area contributed by atoms with E-state index in [4.69, 9.17) is 22.2 Å². The summed E-state index contributed by atoms with van der Waals surface area (Å²) in [7, 11) is 0. The summed E-state index contributed by atoms with van der Waals surface area (Å²) in [4.78, 5) is 14.6. The first-order valence-electron chi connectivity index (χ1n) is 12.2. The van der Waals surface area contributed by atoms with Crippen LogP contribution in [0, 0.1) is 5.92 Å². The van der Waals surface area contributed by atoms with Crippen LogP contribution in [0.5, 0.6) is 0 Å². The van der Waals surface area contributed by atoms with E-state index in [1.54, 1.807) is 0 Å². The molecule has 2 N–H and O–H groups in total. The summed E-state index contributed by atoms with van der Waals surface area (Å²) in [6.45, 7) is 6.27. The molecule has 1 atom stereocenters. The highest BCUT2D eigenvalue weighted by Crippen LogP contribution is 2.29.